The van der Waals surface area contributed by atoms with Crippen LogP contribution >= 0.6 is 0 Å². The fraction of sp³-hybridized carbons (Fsp3) is 0.136. The van der Waals surface area contributed by atoms with E-state index in [1.807, 2.05) is 0 Å². The molecule has 1 N–H and O–H groups in total. The average molecular weight is 454 g/mol. The molecule has 0 radical (unpaired) electrons. The number of ether oxygens (including phenoxy) is 1. The number of methoxy groups -OCH3 is 1. The number of carbonyl (C=O) groups excluding carboxylic acids is 1. The zero-order valence-electron chi connectivity index (χ0n) is 17.2. The summed E-state index contributed by atoms with van der Waals surface area (Å²) in [5.74, 6) is 0.351. The summed E-state index contributed by atoms with van der Waals surface area (Å²) in [6, 6.07) is 9.75. The number of alkyl halides is 3. The summed E-state index contributed by atoms with van der Waals surface area (Å²) in [6.07, 6.45) is 2.55. The van der Waals surface area contributed by atoms with Gasteiger partial charge in [-0.15, -0.1) is 0 Å². The Hall–Kier alpha value is -4.28. The van der Waals surface area contributed by atoms with Gasteiger partial charge in [-0.25, -0.2) is 14.8 Å². The summed E-state index contributed by atoms with van der Waals surface area (Å²) < 4.78 is 44.7. The third-order valence-corrected chi connectivity index (χ3v) is 4.78. The number of hydrogen-bond acceptors (Lipinski definition) is 7. The molecule has 0 aliphatic heterocycles. The van der Waals surface area contributed by atoms with Crippen LogP contribution in [0.25, 0.3) is 11.1 Å². The lowest BCUT2D eigenvalue weighted by Crippen LogP contribution is -2.19. The van der Waals surface area contributed by atoms with E-state index in [1.54, 1.807) is 29.2 Å². The van der Waals surface area contributed by atoms with E-state index in [1.165, 1.54) is 50.2 Å². The first kappa shape index (κ1) is 21.9. The minimum Gasteiger partial charge on any atom is -0.465 e. The summed E-state index contributed by atoms with van der Waals surface area (Å²) in [7, 11) is 1.30. The van der Waals surface area contributed by atoms with E-state index in [9.17, 15) is 18.0 Å². The van der Waals surface area contributed by atoms with E-state index in [-0.39, 0.29) is 17.7 Å². The first-order chi connectivity index (χ1) is 15.9. The fourth-order valence-corrected chi connectivity index (χ4v) is 3.22. The predicted octanol–water partition coefficient (Wildman–Crippen LogP) is 4.41. The molecule has 0 aliphatic rings. The molecule has 0 unspecified atom stereocenters. The molecule has 11 heteroatoms. The molecule has 4 aromatic rings. The second-order valence-electron chi connectivity index (χ2n) is 6.89. The molecule has 0 saturated carbocycles. The van der Waals surface area contributed by atoms with Crippen molar-refractivity contribution in [2.45, 2.75) is 12.7 Å². The van der Waals surface area contributed by atoms with Crippen LogP contribution in [-0.2, 0) is 17.5 Å². The smallest absolute Gasteiger partial charge is 0.435 e. The third kappa shape index (κ3) is 4.81. The van der Waals surface area contributed by atoms with Crippen LogP contribution in [0.15, 0.2) is 67.4 Å². The fourth-order valence-electron chi connectivity index (χ4n) is 3.22. The second kappa shape index (κ2) is 9.07. The molecule has 0 fully saturated rings. The highest BCUT2D eigenvalue weighted by Crippen LogP contribution is 2.36. The number of benzene rings is 1. The highest BCUT2D eigenvalue weighted by atomic mass is 19.4. The first-order valence-electron chi connectivity index (χ1n) is 9.65. The zero-order chi connectivity index (χ0) is 23.4. The van der Waals surface area contributed by atoms with Gasteiger partial charge >= 0.3 is 12.1 Å². The van der Waals surface area contributed by atoms with Crippen LogP contribution in [0.5, 0.6) is 0 Å². The molecule has 0 bridgehead atoms. The second-order valence-corrected chi connectivity index (χ2v) is 6.89. The van der Waals surface area contributed by atoms with Crippen LogP contribution in [0.3, 0.4) is 0 Å². The quantitative estimate of drug-likeness (QED) is 0.431. The molecule has 0 atom stereocenters. The zero-order valence-corrected chi connectivity index (χ0v) is 17.2. The van der Waals surface area contributed by atoms with Gasteiger partial charge in [0, 0.05) is 30.4 Å². The lowest BCUT2D eigenvalue weighted by Gasteiger charge is -2.23. The Morgan fingerprint density at radius 3 is 2.48 bits per heavy atom. The largest absolute Gasteiger partial charge is 0.465 e. The minimum absolute atomic E-state index is 0.0901. The van der Waals surface area contributed by atoms with Crippen LogP contribution < -0.4 is 4.90 Å². The molecule has 3 heterocycles. The molecule has 8 nitrogen and oxygen atoms in total. The van der Waals surface area contributed by atoms with E-state index >= 15 is 0 Å². The maximum atomic E-state index is 13.3. The number of nitrogens with one attached hydrogen (secondary N) is 1. The van der Waals surface area contributed by atoms with E-state index in [2.05, 4.69) is 25.1 Å². The minimum atomic E-state index is -4.61. The van der Waals surface area contributed by atoms with Crippen LogP contribution in [0, 0.1) is 0 Å². The van der Waals surface area contributed by atoms with Crippen LogP contribution in [0.1, 0.15) is 21.6 Å². The third-order valence-electron chi connectivity index (χ3n) is 4.78. The highest BCUT2D eigenvalue weighted by molar-refractivity contribution is 5.89. The molecular weight excluding hydrogens is 437 g/mol. The number of anilines is 2. The van der Waals surface area contributed by atoms with Crippen molar-refractivity contribution < 1.29 is 22.7 Å². The highest BCUT2D eigenvalue weighted by Gasteiger charge is 2.36. The SMILES string of the molecule is COC(=O)c1ccc(CN(c2cnccn2)c2cc(-c3c[nH]nc3C(F)(F)F)ccn2)cc1. The molecule has 0 amide bonds. The maximum Gasteiger partial charge on any atom is 0.435 e. The van der Waals surface area contributed by atoms with Gasteiger partial charge in [0.25, 0.3) is 0 Å². The van der Waals surface area contributed by atoms with Gasteiger partial charge in [0.15, 0.2) is 11.5 Å². The number of H-pyrrole nitrogens is 1. The van der Waals surface area contributed by atoms with Gasteiger partial charge in [0.05, 0.1) is 25.4 Å². The van der Waals surface area contributed by atoms with Crippen molar-refractivity contribution in [1.82, 2.24) is 25.1 Å². The van der Waals surface area contributed by atoms with Gasteiger partial charge in [0.1, 0.15) is 5.82 Å². The Balaban J connectivity index is 1.72. The molecule has 168 valence electrons. The average Bonchev–Trinajstić information content (AvgIpc) is 3.34. The van der Waals surface area contributed by atoms with Crippen LogP contribution in [0.2, 0.25) is 0 Å². The van der Waals surface area contributed by atoms with Gasteiger partial charge in [-0.3, -0.25) is 10.1 Å². The van der Waals surface area contributed by atoms with Crippen molar-refractivity contribution in [3.63, 3.8) is 0 Å². The van der Waals surface area contributed by atoms with Gasteiger partial charge in [-0.2, -0.15) is 18.3 Å². The molecule has 3 aromatic heterocycles. The number of halogens is 3. The van der Waals surface area contributed by atoms with Crippen molar-refractivity contribution in [2.24, 2.45) is 0 Å². The van der Waals surface area contributed by atoms with Gasteiger partial charge in [-0.1, -0.05) is 12.1 Å². The molecule has 4 rings (SSSR count). The van der Waals surface area contributed by atoms with E-state index in [0.717, 1.165) is 5.56 Å². The summed E-state index contributed by atoms with van der Waals surface area (Å²) >= 11 is 0. The molecule has 0 spiro atoms. The number of rotatable bonds is 6. The maximum absolute atomic E-state index is 13.3. The van der Waals surface area contributed by atoms with E-state index in [0.29, 0.717) is 17.2 Å². The lowest BCUT2D eigenvalue weighted by atomic mass is 10.1. The number of pyridine rings is 1. The lowest BCUT2D eigenvalue weighted by molar-refractivity contribution is -0.140. The molecular formula is C22H17F3N6O2. The number of nitrogens with zero attached hydrogens (tertiary/aromatic N) is 5. The van der Waals surface area contributed by atoms with Crippen LogP contribution in [0.4, 0.5) is 24.8 Å². The number of hydrogen-bond donors (Lipinski definition) is 1. The standard InChI is InChI=1S/C22H17F3N6O2/c1-33-21(32)15-4-2-14(3-5-15)13-31(19-12-26-8-9-28-19)18-10-16(6-7-27-18)17-11-29-30-20(17)22(23,24)25/h2-12H,13H2,1H3,(H,29,30). The van der Waals surface area contributed by atoms with Crippen molar-refractivity contribution in [3.8, 4) is 11.1 Å². The molecule has 33 heavy (non-hydrogen) atoms. The number of esters is 1. The predicted molar refractivity (Wildman–Crippen MR) is 112 cm³/mol. The van der Waals surface area contributed by atoms with Crippen molar-refractivity contribution in [2.75, 3.05) is 12.0 Å². The Morgan fingerprint density at radius 1 is 1.06 bits per heavy atom. The summed E-state index contributed by atoms with van der Waals surface area (Å²) in [5, 5.41) is 5.63. The van der Waals surface area contributed by atoms with Crippen molar-refractivity contribution >= 4 is 17.6 Å². The Kier molecular flexibility index (Phi) is 6.03. The van der Waals surface area contributed by atoms with Crippen LogP contribution in [-0.4, -0.2) is 38.2 Å². The summed E-state index contributed by atoms with van der Waals surface area (Å²) in [4.78, 5) is 26.1. The first-order valence-corrected chi connectivity index (χ1v) is 9.65. The van der Waals surface area contributed by atoms with Crippen molar-refractivity contribution in [1.29, 1.82) is 0 Å². The van der Waals surface area contributed by atoms with E-state index in [4.69, 9.17) is 4.74 Å². The monoisotopic (exact) mass is 454 g/mol. The summed E-state index contributed by atoms with van der Waals surface area (Å²) in [6.45, 7) is 0.272. The summed E-state index contributed by atoms with van der Waals surface area (Å²) in [5.41, 5.74) is 0.389. The van der Waals surface area contributed by atoms with Crippen molar-refractivity contribution in [3.05, 3.63) is 84.2 Å². The normalized spacial score (nSPS) is 11.3. The molecule has 1 aromatic carbocycles. The Labute approximate surface area is 186 Å². The Morgan fingerprint density at radius 2 is 1.82 bits per heavy atom. The molecule has 0 aliphatic carbocycles. The van der Waals surface area contributed by atoms with Gasteiger partial charge in [0.2, 0.25) is 0 Å². The number of aromatic nitrogens is 5. The number of carbonyl (C=O) groups is 1. The number of aromatic amines is 1. The molecule has 0 saturated heterocycles. The topological polar surface area (TPSA) is 96.9 Å². The van der Waals surface area contributed by atoms with E-state index < -0.39 is 17.8 Å². The Bertz CT molecular complexity index is 1240. The van der Waals surface area contributed by atoms with Gasteiger partial charge < -0.3 is 9.64 Å². The van der Waals surface area contributed by atoms with Gasteiger partial charge in [-0.05, 0) is 35.4 Å².